The fraction of sp³-hybridized carbons (Fsp3) is 0.533. The summed E-state index contributed by atoms with van der Waals surface area (Å²) in [6.45, 7) is 2.41. The highest BCUT2D eigenvalue weighted by Crippen LogP contribution is 2.38. The highest BCUT2D eigenvalue weighted by Gasteiger charge is 2.42. The van der Waals surface area contributed by atoms with Gasteiger partial charge in [-0.1, -0.05) is 24.3 Å². The molecule has 1 aromatic rings. The Morgan fingerprint density at radius 1 is 1.36 bits per heavy atom. The van der Waals surface area contributed by atoms with E-state index in [4.69, 9.17) is 9.47 Å². The molecule has 0 aliphatic carbocycles. The molecule has 22 heavy (non-hydrogen) atoms. The minimum Gasteiger partial charge on any atom is -0.466 e. The second kappa shape index (κ2) is 7.11. The van der Waals surface area contributed by atoms with Crippen LogP contribution in [0.3, 0.4) is 0 Å². The van der Waals surface area contributed by atoms with Gasteiger partial charge in [0.25, 0.3) is 0 Å². The van der Waals surface area contributed by atoms with Gasteiger partial charge in [0.1, 0.15) is 0 Å². The molecule has 0 radical (unpaired) electrons. The first-order valence-corrected chi connectivity index (χ1v) is 6.97. The molecule has 1 saturated heterocycles. The van der Waals surface area contributed by atoms with Crippen molar-refractivity contribution in [3.05, 3.63) is 35.4 Å². The SMILES string of the molecule is CCOC(=O)CC(c1cccc(C2OCCO2)c1)C(F)(F)F. The van der Waals surface area contributed by atoms with Crippen molar-refractivity contribution in [1.82, 2.24) is 0 Å². The highest BCUT2D eigenvalue weighted by atomic mass is 19.4. The van der Waals surface area contributed by atoms with Crippen molar-refractivity contribution in [2.24, 2.45) is 0 Å². The molecule has 1 atom stereocenters. The monoisotopic (exact) mass is 318 g/mol. The van der Waals surface area contributed by atoms with E-state index in [1.54, 1.807) is 13.0 Å². The molecule has 0 N–H and O–H groups in total. The van der Waals surface area contributed by atoms with E-state index in [2.05, 4.69) is 4.74 Å². The molecule has 0 bridgehead atoms. The van der Waals surface area contributed by atoms with Crippen molar-refractivity contribution in [3.63, 3.8) is 0 Å². The standard InChI is InChI=1S/C15H17F3O4/c1-2-20-13(19)9-12(15(16,17)18)10-4-3-5-11(8-10)14-21-6-7-22-14/h3-5,8,12,14H,2,6-7,9H2,1H3. The van der Waals surface area contributed by atoms with Crippen molar-refractivity contribution in [1.29, 1.82) is 0 Å². The van der Waals surface area contributed by atoms with Crippen LogP contribution in [0.25, 0.3) is 0 Å². The zero-order chi connectivity index (χ0) is 16.2. The van der Waals surface area contributed by atoms with E-state index < -0.39 is 30.8 Å². The number of hydrogen-bond donors (Lipinski definition) is 0. The number of esters is 1. The molecule has 122 valence electrons. The molecule has 1 aromatic carbocycles. The Hall–Kier alpha value is -1.60. The molecule has 0 saturated carbocycles. The van der Waals surface area contributed by atoms with Crippen LogP contribution in [-0.2, 0) is 19.0 Å². The molecule has 0 aromatic heterocycles. The van der Waals surface area contributed by atoms with Gasteiger partial charge in [0, 0.05) is 5.56 Å². The number of ether oxygens (including phenoxy) is 3. The quantitative estimate of drug-likeness (QED) is 0.781. The molecule has 1 aliphatic rings. The normalized spacial score (nSPS) is 17.5. The number of rotatable bonds is 5. The molecular weight excluding hydrogens is 301 g/mol. The summed E-state index contributed by atoms with van der Waals surface area (Å²) in [6.07, 6.45) is -5.94. The molecular formula is C15H17F3O4. The second-order valence-electron chi connectivity index (χ2n) is 4.85. The number of hydrogen-bond acceptors (Lipinski definition) is 4. The van der Waals surface area contributed by atoms with E-state index in [1.807, 2.05) is 0 Å². The first kappa shape index (κ1) is 16.8. The van der Waals surface area contributed by atoms with E-state index in [0.29, 0.717) is 18.8 Å². The summed E-state index contributed by atoms with van der Waals surface area (Å²) >= 11 is 0. The van der Waals surface area contributed by atoms with Gasteiger partial charge >= 0.3 is 12.1 Å². The molecule has 1 aliphatic heterocycles. The van der Waals surface area contributed by atoms with Gasteiger partial charge in [-0.25, -0.2) is 0 Å². The fourth-order valence-electron chi connectivity index (χ4n) is 2.28. The topological polar surface area (TPSA) is 44.8 Å². The van der Waals surface area contributed by atoms with Crippen LogP contribution >= 0.6 is 0 Å². The van der Waals surface area contributed by atoms with E-state index in [-0.39, 0.29) is 12.2 Å². The van der Waals surface area contributed by atoms with Gasteiger partial charge in [-0.2, -0.15) is 13.2 Å². The van der Waals surface area contributed by atoms with Crippen molar-refractivity contribution in [3.8, 4) is 0 Å². The van der Waals surface area contributed by atoms with Crippen LogP contribution in [0.1, 0.15) is 36.7 Å². The van der Waals surface area contributed by atoms with Gasteiger partial charge in [0.15, 0.2) is 6.29 Å². The van der Waals surface area contributed by atoms with Crippen LogP contribution in [0.4, 0.5) is 13.2 Å². The predicted octanol–water partition coefficient (Wildman–Crippen LogP) is 3.33. The lowest BCUT2D eigenvalue weighted by molar-refractivity contribution is -0.166. The highest BCUT2D eigenvalue weighted by molar-refractivity contribution is 5.70. The van der Waals surface area contributed by atoms with E-state index >= 15 is 0 Å². The van der Waals surface area contributed by atoms with E-state index in [9.17, 15) is 18.0 Å². The Morgan fingerprint density at radius 3 is 2.64 bits per heavy atom. The largest absolute Gasteiger partial charge is 0.466 e. The summed E-state index contributed by atoms with van der Waals surface area (Å²) in [6, 6.07) is 5.85. The van der Waals surface area contributed by atoms with Gasteiger partial charge in [0.2, 0.25) is 0 Å². The number of alkyl halides is 3. The number of halogens is 3. The van der Waals surface area contributed by atoms with Crippen LogP contribution in [0.5, 0.6) is 0 Å². The maximum atomic E-state index is 13.2. The zero-order valence-corrected chi connectivity index (χ0v) is 12.1. The summed E-state index contributed by atoms with van der Waals surface area (Å²) in [4.78, 5) is 11.4. The van der Waals surface area contributed by atoms with Crippen molar-refractivity contribution < 1.29 is 32.2 Å². The zero-order valence-electron chi connectivity index (χ0n) is 12.1. The first-order valence-electron chi connectivity index (χ1n) is 6.97. The lowest BCUT2D eigenvalue weighted by atomic mass is 9.93. The average Bonchev–Trinajstić information content (AvgIpc) is 2.98. The second-order valence-corrected chi connectivity index (χ2v) is 4.85. The van der Waals surface area contributed by atoms with Gasteiger partial charge in [-0.15, -0.1) is 0 Å². The average molecular weight is 318 g/mol. The molecule has 2 rings (SSSR count). The van der Waals surface area contributed by atoms with Gasteiger partial charge in [0.05, 0.1) is 32.2 Å². The molecule has 1 unspecified atom stereocenters. The van der Waals surface area contributed by atoms with Gasteiger partial charge in [-0.3, -0.25) is 4.79 Å². The summed E-state index contributed by atoms with van der Waals surface area (Å²) in [5, 5.41) is 0. The fourth-order valence-corrected chi connectivity index (χ4v) is 2.28. The number of benzene rings is 1. The Balaban J connectivity index is 2.23. The Labute approximate surface area is 126 Å². The smallest absolute Gasteiger partial charge is 0.396 e. The molecule has 0 amide bonds. The molecule has 1 heterocycles. The third-order valence-electron chi connectivity index (χ3n) is 3.28. The van der Waals surface area contributed by atoms with Crippen LogP contribution < -0.4 is 0 Å². The minimum atomic E-state index is -4.54. The van der Waals surface area contributed by atoms with Crippen molar-refractivity contribution in [2.75, 3.05) is 19.8 Å². The third kappa shape index (κ3) is 4.20. The Bertz CT molecular complexity index is 510. The summed E-state index contributed by atoms with van der Waals surface area (Å²) in [5.74, 6) is -2.78. The molecule has 1 fully saturated rings. The Kier molecular flexibility index (Phi) is 5.42. The van der Waals surface area contributed by atoms with Crippen LogP contribution in [-0.4, -0.2) is 32.0 Å². The maximum Gasteiger partial charge on any atom is 0.396 e. The van der Waals surface area contributed by atoms with E-state index in [0.717, 1.165) is 0 Å². The summed E-state index contributed by atoms with van der Waals surface area (Å²) in [7, 11) is 0. The lowest BCUT2D eigenvalue weighted by Gasteiger charge is -2.21. The predicted molar refractivity (Wildman–Crippen MR) is 71.1 cm³/mol. The third-order valence-corrected chi connectivity index (χ3v) is 3.28. The number of carbonyl (C=O) groups excluding carboxylic acids is 1. The van der Waals surface area contributed by atoms with Gasteiger partial charge < -0.3 is 14.2 Å². The lowest BCUT2D eigenvalue weighted by Crippen LogP contribution is -2.24. The Morgan fingerprint density at radius 2 is 2.05 bits per heavy atom. The molecule has 4 nitrogen and oxygen atoms in total. The first-order chi connectivity index (χ1) is 10.4. The molecule has 0 spiro atoms. The van der Waals surface area contributed by atoms with Crippen LogP contribution in [0, 0.1) is 0 Å². The van der Waals surface area contributed by atoms with Crippen molar-refractivity contribution in [2.45, 2.75) is 31.7 Å². The maximum absolute atomic E-state index is 13.2. The van der Waals surface area contributed by atoms with Gasteiger partial charge in [-0.05, 0) is 12.5 Å². The number of carbonyl (C=O) groups is 1. The van der Waals surface area contributed by atoms with E-state index in [1.165, 1.54) is 18.2 Å². The summed E-state index contributed by atoms with van der Waals surface area (Å²) in [5.41, 5.74) is 0.505. The van der Waals surface area contributed by atoms with Crippen molar-refractivity contribution >= 4 is 5.97 Å². The van der Waals surface area contributed by atoms with Crippen LogP contribution in [0.15, 0.2) is 24.3 Å². The molecule has 7 heteroatoms. The minimum absolute atomic E-state index is 0.00264. The van der Waals surface area contributed by atoms with Crippen LogP contribution in [0.2, 0.25) is 0 Å². The summed E-state index contributed by atoms with van der Waals surface area (Å²) < 4.78 is 54.9.